The highest BCUT2D eigenvalue weighted by atomic mass is 32.2. The highest BCUT2D eigenvalue weighted by molar-refractivity contribution is 8.00. The molecule has 2 aromatic carbocycles. The van der Waals surface area contributed by atoms with E-state index < -0.39 is 0 Å². The number of fused-ring (bicyclic) bond motifs is 1. The Balaban J connectivity index is 1.40. The van der Waals surface area contributed by atoms with Crippen molar-refractivity contribution in [2.45, 2.75) is 23.7 Å². The predicted molar refractivity (Wildman–Crippen MR) is 126 cm³/mol. The Morgan fingerprint density at radius 2 is 1.69 bits per heavy atom. The van der Waals surface area contributed by atoms with Gasteiger partial charge in [0.15, 0.2) is 0 Å². The van der Waals surface area contributed by atoms with Crippen LogP contribution in [0.1, 0.15) is 12.7 Å². The van der Waals surface area contributed by atoms with Gasteiger partial charge in [0.2, 0.25) is 17.8 Å². The lowest BCUT2D eigenvalue weighted by atomic mass is 10.3. The van der Waals surface area contributed by atoms with Crippen molar-refractivity contribution in [2.24, 2.45) is 0 Å². The molecule has 0 aliphatic carbocycles. The van der Waals surface area contributed by atoms with Crippen molar-refractivity contribution in [2.75, 3.05) is 21.3 Å². The van der Waals surface area contributed by atoms with E-state index in [1.807, 2.05) is 24.3 Å². The summed E-state index contributed by atoms with van der Waals surface area (Å²) >= 11 is 1.77. The van der Waals surface area contributed by atoms with Crippen LogP contribution >= 0.6 is 11.8 Å². The molecule has 4 aromatic rings. The second-order valence-corrected chi connectivity index (χ2v) is 8.53. The summed E-state index contributed by atoms with van der Waals surface area (Å²) in [5.41, 5.74) is 2.75. The van der Waals surface area contributed by atoms with E-state index in [4.69, 9.17) is 4.42 Å². The molecule has 0 amide bonds. The van der Waals surface area contributed by atoms with E-state index in [-0.39, 0.29) is 5.75 Å². The average molecular weight is 448 g/mol. The van der Waals surface area contributed by atoms with Gasteiger partial charge in [0.1, 0.15) is 11.5 Å². The maximum Gasteiger partial charge on any atom is 0.233 e. The Hall–Kier alpha value is -3.92. The van der Waals surface area contributed by atoms with Crippen molar-refractivity contribution >= 4 is 46.7 Å². The zero-order valence-electron chi connectivity index (χ0n) is 17.2. The topological polar surface area (TPSA) is 120 Å². The summed E-state index contributed by atoms with van der Waals surface area (Å²) < 4.78 is 5.37. The van der Waals surface area contributed by atoms with Gasteiger partial charge in [-0.05, 0) is 61.5 Å². The summed E-state index contributed by atoms with van der Waals surface area (Å²) in [5.74, 6) is 2.11. The molecule has 2 aromatic heterocycles. The van der Waals surface area contributed by atoms with E-state index in [0.717, 1.165) is 22.8 Å². The molecule has 162 valence electrons. The van der Waals surface area contributed by atoms with E-state index in [2.05, 4.69) is 49.2 Å². The van der Waals surface area contributed by atoms with Crippen LogP contribution in [0.4, 0.5) is 34.9 Å². The van der Waals surface area contributed by atoms with Crippen LogP contribution in [0.5, 0.6) is 5.75 Å². The predicted octanol–water partition coefficient (Wildman–Crippen LogP) is 5.13. The molecule has 1 atom stereocenters. The number of phenolic OH excluding ortho intramolecular Hbond substituents is 1. The number of nitrogens with one attached hydrogen (secondary N) is 4. The number of rotatable bonds is 7. The van der Waals surface area contributed by atoms with Crippen LogP contribution in [0.25, 0.3) is 0 Å². The van der Waals surface area contributed by atoms with Gasteiger partial charge in [-0.2, -0.15) is 15.0 Å². The van der Waals surface area contributed by atoms with Crippen LogP contribution in [-0.4, -0.2) is 25.4 Å². The first kappa shape index (κ1) is 20.0. The lowest BCUT2D eigenvalue weighted by Gasteiger charge is -2.12. The molecule has 1 aliphatic heterocycles. The molecule has 0 radical (unpaired) electrons. The quantitative estimate of drug-likeness (QED) is 0.244. The van der Waals surface area contributed by atoms with Gasteiger partial charge in [0, 0.05) is 22.0 Å². The zero-order chi connectivity index (χ0) is 21.9. The standard InChI is InChI=1S/C22H21N7O2S/c1-13-24-18-9-6-15(11-19(18)32-13)26-22-28-20(23-12-17-3-2-10-31-17)27-21(29-22)25-14-4-7-16(30)8-5-14/h2-11,13,24,30H,12H2,1H3,(H3,23,25,26,27,28,29). The van der Waals surface area contributed by atoms with E-state index in [9.17, 15) is 5.11 Å². The fraction of sp³-hybridized carbons (Fsp3) is 0.136. The number of nitrogens with zero attached hydrogens (tertiary/aromatic N) is 3. The highest BCUT2D eigenvalue weighted by Crippen LogP contribution is 2.39. The summed E-state index contributed by atoms with van der Waals surface area (Å²) in [6.45, 7) is 2.57. The number of benzene rings is 2. The lowest BCUT2D eigenvalue weighted by molar-refractivity contribution is 0.475. The second-order valence-electron chi connectivity index (χ2n) is 7.15. The molecular formula is C22H21N7O2S. The minimum Gasteiger partial charge on any atom is -0.508 e. The molecule has 32 heavy (non-hydrogen) atoms. The van der Waals surface area contributed by atoms with Crippen LogP contribution in [0.15, 0.2) is 70.2 Å². The lowest BCUT2D eigenvalue weighted by Crippen LogP contribution is -2.09. The molecule has 9 nitrogen and oxygen atoms in total. The summed E-state index contributed by atoms with van der Waals surface area (Å²) in [6.07, 6.45) is 1.62. The van der Waals surface area contributed by atoms with Gasteiger partial charge in [0.05, 0.1) is 18.2 Å². The number of furan rings is 1. The van der Waals surface area contributed by atoms with Gasteiger partial charge in [0.25, 0.3) is 0 Å². The third-order valence-corrected chi connectivity index (χ3v) is 5.72. The Morgan fingerprint density at radius 1 is 0.969 bits per heavy atom. The third kappa shape index (κ3) is 4.70. The molecule has 5 rings (SSSR count). The molecule has 1 unspecified atom stereocenters. The van der Waals surface area contributed by atoms with Crippen LogP contribution in [0.2, 0.25) is 0 Å². The van der Waals surface area contributed by atoms with Gasteiger partial charge in [-0.25, -0.2) is 0 Å². The van der Waals surface area contributed by atoms with Crippen molar-refractivity contribution in [1.82, 2.24) is 15.0 Å². The van der Waals surface area contributed by atoms with Crippen molar-refractivity contribution in [3.63, 3.8) is 0 Å². The van der Waals surface area contributed by atoms with Gasteiger partial charge in [-0.3, -0.25) is 0 Å². The first-order valence-electron chi connectivity index (χ1n) is 10.0. The van der Waals surface area contributed by atoms with E-state index >= 15 is 0 Å². The maximum absolute atomic E-state index is 9.51. The number of hydrogen-bond donors (Lipinski definition) is 5. The van der Waals surface area contributed by atoms with E-state index in [1.165, 1.54) is 4.90 Å². The molecule has 10 heteroatoms. The Kier molecular flexibility index (Phi) is 5.42. The normalized spacial score (nSPS) is 14.5. The zero-order valence-corrected chi connectivity index (χ0v) is 18.0. The Labute approximate surface area is 188 Å². The van der Waals surface area contributed by atoms with Gasteiger partial charge >= 0.3 is 0 Å². The summed E-state index contributed by atoms with van der Waals surface area (Å²) in [4.78, 5) is 14.6. The van der Waals surface area contributed by atoms with Crippen molar-refractivity contribution < 1.29 is 9.52 Å². The number of anilines is 6. The number of thioether (sulfide) groups is 1. The molecule has 0 spiro atoms. The SMILES string of the molecule is CC1Nc2ccc(Nc3nc(NCc4ccco4)nc(Nc4ccc(O)cc4)n3)cc2S1. The van der Waals surface area contributed by atoms with Crippen molar-refractivity contribution in [3.05, 3.63) is 66.6 Å². The summed E-state index contributed by atoms with van der Waals surface area (Å²) in [6, 6.07) is 16.5. The van der Waals surface area contributed by atoms with Crippen LogP contribution in [0.3, 0.4) is 0 Å². The first-order chi connectivity index (χ1) is 15.6. The average Bonchev–Trinajstić information content (AvgIpc) is 3.42. The van der Waals surface area contributed by atoms with Crippen molar-refractivity contribution in [1.29, 1.82) is 0 Å². The van der Waals surface area contributed by atoms with Crippen LogP contribution in [0, 0.1) is 0 Å². The van der Waals surface area contributed by atoms with Gasteiger partial charge < -0.3 is 30.8 Å². The van der Waals surface area contributed by atoms with Gasteiger partial charge in [-0.15, -0.1) is 0 Å². The van der Waals surface area contributed by atoms with E-state index in [0.29, 0.717) is 29.8 Å². The largest absolute Gasteiger partial charge is 0.508 e. The Bertz CT molecular complexity index is 1220. The van der Waals surface area contributed by atoms with Crippen molar-refractivity contribution in [3.8, 4) is 5.75 Å². The fourth-order valence-corrected chi connectivity index (χ4v) is 4.22. The minimum absolute atomic E-state index is 0.188. The molecule has 0 fully saturated rings. The molecule has 0 saturated heterocycles. The monoisotopic (exact) mass is 447 g/mol. The summed E-state index contributed by atoms with van der Waals surface area (Å²) in [7, 11) is 0. The molecule has 3 heterocycles. The Morgan fingerprint density at radius 3 is 2.44 bits per heavy atom. The molecule has 0 bridgehead atoms. The number of aromatic hydroxyl groups is 1. The van der Waals surface area contributed by atoms with E-state index in [1.54, 1.807) is 42.3 Å². The molecule has 5 N–H and O–H groups in total. The van der Waals surface area contributed by atoms with Gasteiger partial charge in [-0.1, -0.05) is 11.8 Å². The summed E-state index contributed by atoms with van der Waals surface area (Å²) in [5, 5.41) is 22.9. The molecular weight excluding hydrogens is 426 g/mol. The number of aromatic nitrogens is 3. The third-order valence-electron chi connectivity index (χ3n) is 4.66. The number of hydrogen-bond acceptors (Lipinski definition) is 10. The van der Waals surface area contributed by atoms with Crippen LogP contribution in [-0.2, 0) is 6.54 Å². The smallest absolute Gasteiger partial charge is 0.233 e. The first-order valence-corrected chi connectivity index (χ1v) is 10.9. The molecule has 0 saturated carbocycles. The maximum atomic E-state index is 9.51. The molecule has 1 aliphatic rings. The highest BCUT2D eigenvalue weighted by Gasteiger charge is 2.18. The second kappa shape index (κ2) is 8.67. The fourth-order valence-electron chi connectivity index (χ4n) is 3.20. The minimum atomic E-state index is 0.188. The van der Waals surface area contributed by atoms with Crippen LogP contribution < -0.4 is 21.3 Å². The number of phenols is 1.